The lowest BCUT2D eigenvalue weighted by atomic mass is 9.88. The fourth-order valence-electron chi connectivity index (χ4n) is 1.55. The van der Waals surface area contributed by atoms with E-state index in [-0.39, 0.29) is 23.1 Å². The van der Waals surface area contributed by atoms with Crippen molar-refractivity contribution in [3.63, 3.8) is 0 Å². The van der Waals surface area contributed by atoms with Gasteiger partial charge in [0.05, 0.1) is 0 Å². The summed E-state index contributed by atoms with van der Waals surface area (Å²) in [6.45, 7) is 7.40. The maximum Gasteiger partial charge on any atom is 0.234 e. The van der Waals surface area contributed by atoms with Crippen LogP contribution in [0.4, 0.5) is 0 Å². The molecular formula is C12H23ClN2O2. The molecule has 0 saturated heterocycles. The van der Waals surface area contributed by atoms with Crippen LogP contribution < -0.4 is 10.6 Å². The molecule has 0 aromatic heterocycles. The summed E-state index contributed by atoms with van der Waals surface area (Å²) in [5.41, 5.74) is 0.129. The minimum Gasteiger partial charge on any atom is -0.356 e. The van der Waals surface area contributed by atoms with E-state index in [1.807, 2.05) is 0 Å². The third kappa shape index (κ3) is 8.98. The van der Waals surface area contributed by atoms with Crippen molar-refractivity contribution in [1.29, 1.82) is 0 Å². The molecule has 0 aliphatic rings. The highest BCUT2D eigenvalue weighted by Crippen LogP contribution is 2.20. The van der Waals surface area contributed by atoms with Crippen LogP contribution in [0.25, 0.3) is 0 Å². The van der Waals surface area contributed by atoms with Crippen molar-refractivity contribution in [2.45, 2.75) is 40.0 Å². The van der Waals surface area contributed by atoms with E-state index < -0.39 is 0 Å². The van der Waals surface area contributed by atoms with Gasteiger partial charge in [0.2, 0.25) is 11.8 Å². The van der Waals surface area contributed by atoms with Crippen molar-refractivity contribution in [2.24, 2.45) is 5.41 Å². The van der Waals surface area contributed by atoms with Gasteiger partial charge in [-0.2, -0.15) is 0 Å². The van der Waals surface area contributed by atoms with E-state index in [0.29, 0.717) is 19.5 Å². The standard InChI is InChI=1S/C12H23ClN2O2/c1-4-6-12(2,3)9-15-10(16)5-7-14-11(17)8-13/h4-9H2,1-3H3,(H,14,17)(H,15,16). The molecular weight excluding hydrogens is 240 g/mol. The Bertz CT molecular complexity index is 255. The van der Waals surface area contributed by atoms with Gasteiger partial charge in [-0.15, -0.1) is 11.6 Å². The van der Waals surface area contributed by atoms with Crippen molar-refractivity contribution < 1.29 is 9.59 Å². The second kappa shape index (κ2) is 8.34. The van der Waals surface area contributed by atoms with Crippen LogP contribution in [-0.2, 0) is 9.59 Å². The number of hydrogen-bond donors (Lipinski definition) is 2. The number of nitrogens with one attached hydrogen (secondary N) is 2. The van der Waals surface area contributed by atoms with Crippen LogP contribution in [-0.4, -0.2) is 30.8 Å². The number of hydrogen-bond acceptors (Lipinski definition) is 2. The molecule has 4 nitrogen and oxygen atoms in total. The maximum absolute atomic E-state index is 11.5. The summed E-state index contributed by atoms with van der Waals surface area (Å²) in [7, 11) is 0. The topological polar surface area (TPSA) is 58.2 Å². The fraction of sp³-hybridized carbons (Fsp3) is 0.833. The van der Waals surface area contributed by atoms with Crippen molar-refractivity contribution in [1.82, 2.24) is 10.6 Å². The highest BCUT2D eigenvalue weighted by Gasteiger charge is 2.17. The molecule has 0 rings (SSSR count). The smallest absolute Gasteiger partial charge is 0.234 e. The normalized spacial score (nSPS) is 11.1. The van der Waals surface area contributed by atoms with E-state index in [1.165, 1.54) is 0 Å². The van der Waals surface area contributed by atoms with Gasteiger partial charge in [-0.25, -0.2) is 0 Å². The highest BCUT2D eigenvalue weighted by molar-refractivity contribution is 6.27. The zero-order valence-corrected chi connectivity index (χ0v) is 11.7. The Morgan fingerprint density at radius 2 is 1.82 bits per heavy atom. The molecule has 0 saturated carbocycles. The summed E-state index contributed by atoms with van der Waals surface area (Å²) < 4.78 is 0. The number of rotatable bonds is 8. The summed E-state index contributed by atoms with van der Waals surface area (Å²) in [4.78, 5) is 22.3. The van der Waals surface area contributed by atoms with Gasteiger partial charge in [0.25, 0.3) is 0 Å². The van der Waals surface area contributed by atoms with Crippen LogP contribution in [0.5, 0.6) is 0 Å². The second-order valence-electron chi connectivity index (χ2n) is 4.92. The number of halogens is 1. The van der Waals surface area contributed by atoms with Crippen molar-refractivity contribution in [3.8, 4) is 0 Å². The molecule has 17 heavy (non-hydrogen) atoms. The molecule has 0 aliphatic carbocycles. The van der Waals surface area contributed by atoms with Crippen LogP contribution in [0.2, 0.25) is 0 Å². The first kappa shape index (κ1) is 16.2. The molecule has 2 amide bonds. The summed E-state index contributed by atoms with van der Waals surface area (Å²) in [6, 6.07) is 0. The number of amides is 2. The van der Waals surface area contributed by atoms with Gasteiger partial charge in [-0.3, -0.25) is 9.59 Å². The molecule has 100 valence electrons. The van der Waals surface area contributed by atoms with Gasteiger partial charge in [-0.1, -0.05) is 27.2 Å². The first-order valence-electron chi connectivity index (χ1n) is 6.00. The third-order valence-corrected chi connectivity index (χ3v) is 2.73. The fourth-order valence-corrected chi connectivity index (χ4v) is 1.65. The molecule has 0 spiro atoms. The summed E-state index contributed by atoms with van der Waals surface area (Å²) in [6.07, 6.45) is 2.48. The van der Waals surface area contributed by atoms with Crippen molar-refractivity contribution in [2.75, 3.05) is 19.0 Å². The first-order chi connectivity index (χ1) is 7.91. The molecule has 0 aromatic carbocycles. The molecule has 0 bridgehead atoms. The molecule has 5 heteroatoms. The zero-order chi connectivity index (χ0) is 13.3. The second-order valence-corrected chi connectivity index (χ2v) is 5.19. The molecule has 0 heterocycles. The van der Waals surface area contributed by atoms with E-state index in [0.717, 1.165) is 12.8 Å². The van der Waals surface area contributed by atoms with E-state index >= 15 is 0 Å². The monoisotopic (exact) mass is 262 g/mol. The van der Waals surface area contributed by atoms with Gasteiger partial charge in [-0.05, 0) is 11.8 Å². The lowest BCUT2D eigenvalue weighted by Gasteiger charge is -2.24. The number of alkyl halides is 1. The van der Waals surface area contributed by atoms with Crippen LogP contribution in [0, 0.1) is 5.41 Å². The molecule has 0 radical (unpaired) electrons. The first-order valence-corrected chi connectivity index (χ1v) is 6.54. The highest BCUT2D eigenvalue weighted by atomic mass is 35.5. The lowest BCUT2D eigenvalue weighted by molar-refractivity contribution is -0.121. The number of carbonyl (C=O) groups is 2. The van der Waals surface area contributed by atoms with Crippen molar-refractivity contribution >= 4 is 23.4 Å². The van der Waals surface area contributed by atoms with Crippen LogP contribution in [0.15, 0.2) is 0 Å². The van der Waals surface area contributed by atoms with E-state index in [1.54, 1.807) is 0 Å². The zero-order valence-electron chi connectivity index (χ0n) is 10.9. The Morgan fingerprint density at radius 1 is 1.18 bits per heavy atom. The number of carbonyl (C=O) groups excluding carboxylic acids is 2. The van der Waals surface area contributed by atoms with E-state index in [9.17, 15) is 9.59 Å². The summed E-state index contributed by atoms with van der Waals surface area (Å²) in [5, 5.41) is 5.43. The minimum absolute atomic E-state index is 0.0379. The van der Waals surface area contributed by atoms with Gasteiger partial charge in [0.1, 0.15) is 5.88 Å². The third-order valence-electron chi connectivity index (χ3n) is 2.49. The molecule has 0 unspecified atom stereocenters. The molecule has 2 N–H and O–H groups in total. The predicted molar refractivity (Wildman–Crippen MR) is 70.0 cm³/mol. The SMILES string of the molecule is CCCC(C)(C)CNC(=O)CCNC(=O)CCl. The Morgan fingerprint density at radius 3 is 2.35 bits per heavy atom. The van der Waals surface area contributed by atoms with Gasteiger partial charge < -0.3 is 10.6 Å². The molecule has 0 aromatic rings. The lowest BCUT2D eigenvalue weighted by Crippen LogP contribution is -2.36. The van der Waals surface area contributed by atoms with E-state index in [4.69, 9.17) is 11.6 Å². The molecule has 0 atom stereocenters. The molecule has 0 fully saturated rings. The summed E-state index contributed by atoms with van der Waals surface area (Å²) >= 11 is 5.31. The molecule has 0 aliphatic heterocycles. The minimum atomic E-state index is -0.245. The Kier molecular flexibility index (Phi) is 7.96. The maximum atomic E-state index is 11.5. The van der Waals surface area contributed by atoms with Crippen LogP contribution in [0.1, 0.15) is 40.0 Å². The largest absolute Gasteiger partial charge is 0.356 e. The Hall–Kier alpha value is -0.770. The predicted octanol–water partition coefficient (Wildman–Crippen LogP) is 1.67. The Labute approximate surface area is 108 Å². The Balaban J connectivity index is 3.69. The van der Waals surface area contributed by atoms with Gasteiger partial charge >= 0.3 is 0 Å². The summed E-state index contributed by atoms with van der Waals surface area (Å²) in [5.74, 6) is -0.347. The van der Waals surface area contributed by atoms with Crippen LogP contribution in [0.3, 0.4) is 0 Å². The van der Waals surface area contributed by atoms with Crippen LogP contribution >= 0.6 is 11.6 Å². The van der Waals surface area contributed by atoms with Crippen molar-refractivity contribution in [3.05, 3.63) is 0 Å². The van der Waals surface area contributed by atoms with Gasteiger partial charge in [0, 0.05) is 19.5 Å². The average Bonchev–Trinajstić information content (AvgIpc) is 2.26. The average molecular weight is 263 g/mol. The van der Waals surface area contributed by atoms with Gasteiger partial charge in [0.15, 0.2) is 0 Å². The quantitative estimate of drug-likeness (QED) is 0.654. The van der Waals surface area contributed by atoms with E-state index in [2.05, 4.69) is 31.4 Å².